The van der Waals surface area contributed by atoms with E-state index >= 15 is 0 Å². The van der Waals surface area contributed by atoms with E-state index in [0.29, 0.717) is 0 Å². The van der Waals surface area contributed by atoms with Crippen molar-refractivity contribution < 1.29 is 0 Å². The fourth-order valence-corrected chi connectivity index (χ4v) is 1.51. The van der Waals surface area contributed by atoms with Crippen LogP contribution in [0.2, 0.25) is 0 Å². The van der Waals surface area contributed by atoms with E-state index in [1.54, 1.807) is 0 Å². The molecular weight excluding hydrogens is 136 g/mol. The molecule has 1 rings (SSSR count). The zero-order valence-corrected chi connectivity index (χ0v) is 7.56. The Hall–Kier alpha value is -0.500. The van der Waals surface area contributed by atoms with Gasteiger partial charge in [0.25, 0.3) is 0 Å². The first-order valence-electron chi connectivity index (χ1n) is 4.26. The Morgan fingerprint density at radius 2 is 2.45 bits per heavy atom. The van der Waals surface area contributed by atoms with Gasteiger partial charge in [0.1, 0.15) is 0 Å². The van der Waals surface area contributed by atoms with Crippen molar-refractivity contribution in [2.45, 2.75) is 13.3 Å². The van der Waals surface area contributed by atoms with E-state index in [1.165, 1.54) is 19.5 Å². The molecule has 0 saturated carbocycles. The van der Waals surface area contributed by atoms with Crippen molar-refractivity contribution in [3.63, 3.8) is 0 Å². The molecule has 1 fully saturated rings. The minimum atomic E-state index is 0.830. The lowest BCUT2D eigenvalue weighted by atomic mass is 10.1. The number of rotatable bonds is 3. The number of nitrogens with zero attached hydrogens (tertiary/aromatic N) is 1. The van der Waals surface area contributed by atoms with Crippen LogP contribution in [-0.2, 0) is 0 Å². The largest absolute Gasteiger partial charge is 0.389 e. The van der Waals surface area contributed by atoms with Crippen molar-refractivity contribution in [3.8, 4) is 0 Å². The SMILES string of the molecule is C=C(C)NCC1CCN(C)C1. The van der Waals surface area contributed by atoms with Crippen molar-refractivity contribution in [3.05, 3.63) is 12.3 Å². The van der Waals surface area contributed by atoms with Gasteiger partial charge in [0.15, 0.2) is 0 Å². The summed E-state index contributed by atoms with van der Waals surface area (Å²) in [5.41, 5.74) is 1.08. The number of hydrogen-bond donors (Lipinski definition) is 1. The molecule has 0 aliphatic carbocycles. The zero-order chi connectivity index (χ0) is 8.27. The molecule has 64 valence electrons. The average Bonchev–Trinajstić information content (AvgIpc) is 2.31. The van der Waals surface area contributed by atoms with Gasteiger partial charge in [0.2, 0.25) is 0 Å². The van der Waals surface area contributed by atoms with E-state index in [-0.39, 0.29) is 0 Å². The van der Waals surface area contributed by atoms with Crippen LogP contribution < -0.4 is 5.32 Å². The first-order valence-corrected chi connectivity index (χ1v) is 4.26. The molecule has 11 heavy (non-hydrogen) atoms. The van der Waals surface area contributed by atoms with Crippen molar-refractivity contribution >= 4 is 0 Å². The minimum absolute atomic E-state index is 0.830. The van der Waals surface area contributed by atoms with Gasteiger partial charge in [-0.15, -0.1) is 0 Å². The monoisotopic (exact) mass is 154 g/mol. The number of nitrogens with one attached hydrogen (secondary N) is 1. The zero-order valence-electron chi connectivity index (χ0n) is 7.56. The van der Waals surface area contributed by atoms with Crippen LogP contribution in [-0.4, -0.2) is 31.6 Å². The molecular formula is C9H18N2. The van der Waals surface area contributed by atoms with Crippen molar-refractivity contribution in [1.29, 1.82) is 0 Å². The summed E-state index contributed by atoms with van der Waals surface area (Å²) in [5.74, 6) is 0.830. The second-order valence-corrected chi connectivity index (χ2v) is 3.58. The van der Waals surface area contributed by atoms with E-state index < -0.39 is 0 Å². The van der Waals surface area contributed by atoms with Gasteiger partial charge in [-0.2, -0.15) is 0 Å². The lowest BCUT2D eigenvalue weighted by molar-refractivity contribution is 0.392. The smallest absolute Gasteiger partial charge is 0.0184 e. The summed E-state index contributed by atoms with van der Waals surface area (Å²) in [7, 11) is 2.18. The maximum absolute atomic E-state index is 3.81. The van der Waals surface area contributed by atoms with Gasteiger partial charge >= 0.3 is 0 Å². The summed E-state index contributed by atoms with van der Waals surface area (Å²) >= 11 is 0. The van der Waals surface area contributed by atoms with Crippen LogP contribution in [0.25, 0.3) is 0 Å². The van der Waals surface area contributed by atoms with E-state index in [0.717, 1.165) is 18.2 Å². The van der Waals surface area contributed by atoms with Gasteiger partial charge in [0, 0.05) is 18.8 Å². The lowest BCUT2D eigenvalue weighted by Gasteiger charge is -2.11. The fourth-order valence-electron chi connectivity index (χ4n) is 1.51. The third-order valence-electron chi connectivity index (χ3n) is 2.18. The van der Waals surface area contributed by atoms with Crippen LogP contribution in [0, 0.1) is 5.92 Å². The molecule has 0 amide bonds. The molecule has 2 nitrogen and oxygen atoms in total. The highest BCUT2D eigenvalue weighted by Crippen LogP contribution is 2.12. The topological polar surface area (TPSA) is 15.3 Å². The van der Waals surface area contributed by atoms with Crippen LogP contribution in [0.15, 0.2) is 12.3 Å². The molecule has 1 saturated heterocycles. The molecule has 1 N–H and O–H groups in total. The maximum atomic E-state index is 3.81. The molecule has 0 spiro atoms. The maximum Gasteiger partial charge on any atom is 0.0184 e. The van der Waals surface area contributed by atoms with Gasteiger partial charge in [-0.25, -0.2) is 0 Å². The van der Waals surface area contributed by atoms with Crippen molar-refractivity contribution in [1.82, 2.24) is 10.2 Å². The molecule has 2 heteroatoms. The van der Waals surface area contributed by atoms with E-state index in [2.05, 4.69) is 23.8 Å². The number of hydrogen-bond acceptors (Lipinski definition) is 2. The van der Waals surface area contributed by atoms with Gasteiger partial charge in [-0.05, 0) is 32.9 Å². The van der Waals surface area contributed by atoms with Crippen LogP contribution in [0.4, 0.5) is 0 Å². The standard InChI is InChI=1S/C9H18N2/c1-8(2)10-6-9-4-5-11(3)7-9/h9-10H,1,4-7H2,2-3H3. The van der Waals surface area contributed by atoms with E-state index in [9.17, 15) is 0 Å². The normalized spacial score (nSPS) is 25.5. The highest BCUT2D eigenvalue weighted by Gasteiger charge is 2.18. The Labute approximate surface area is 69.3 Å². The quantitative estimate of drug-likeness (QED) is 0.654. The third-order valence-corrected chi connectivity index (χ3v) is 2.18. The molecule has 1 aliphatic heterocycles. The molecule has 0 radical (unpaired) electrons. The fraction of sp³-hybridized carbons (Fsp3) is 0.778. The molecule has 1 aliphatic rings. The van der Waals surface area contributed by atoms with Crippen LogP contribution in [0.1, 0.15) is 13.3 Å². The Morgan fingerprint density at radius 1 is 1.73 bits per heavy atom. The van der Waals surface area contributed by atoms with Gasteiger partial charge < -0.3 is 10.2 Å². The predicted molar refractivity (Wildman–Crippen MR) is 48.4 cm³/mol. The molecule has 0 bridgehead atoms. The minimum Gasteiger partial charge on any atom is -0.389 e. The summed E-state index contributed by atoms with van der Waals surface area (Å²) in [6.45, 7) is 9.41. The Kier molecular flexibility index (Phi) is 2.94. The number of allylic oxidation sites excluding steroid dienone is 1. The summed E-state index contributed by atoms with van der Waals surface area (Å²) in [6.07, 6.45) is 1.33. The lowest BCUT2D eigenvalue weighted by Crippen LogP contribution is -2.23. The first kappa shape index (κ1) is 8.60. The molecule has 0 aromatic heterocycles. The van der Waals surface area contributed by atoms with Crippen LogP contribution >= 0.6 is 0 Å². The first-order chi connectivity index (χ1) is 5.18. The molecule has 1 atom stereocenters. The van der Waals surface area contributed by atoms with E-state index in [4.69, 9.17) is 0 Å². The highest BCUT2D eigenvalue weighted by atomic mass is 15.1. The van der Waals surface area contributed by atoms with Crippen molar-refractivity contribution in [2.24, 2.45) is 5.92 Å². The summed E-state index contributed by atoms with van der Waals surface area (Å²) in [5, 5.41) is 3.29. The van der Waals surface area contributed by atoms with E-state index in [1.807, 2.05) is 6.92 Å². The van der Waals surface area contributed by atoms with Crippen molar-refractivity contribution in [2.75, 3.05) is 26.7 Å². The third kappa shape index (κ3) is 2.93. The highest BCUT2D eigenvalue weighted by molar-refractivity contribution is 4.86. The van der Waals surface area contributed by atoms with Crippen LogP contribution in [0.3, 0.4) is 0 Å². The Balaban J connectivity index is 2.13. The molecule has 1 heterocycles. The average molecular weight is 154 g/mol. The van der Waals surface area contributed by atoms with Gasteiger partial charge in [-0.1, -0.05) is 6.58 Å². The van der Waals surface area contributed by atoms with Gasteiger partial charge in [0.05, 0.1) is 0 Å². The van der Waals surface area contributed by atoms with Crippen LogP contribution in [0.5, 0.6) is 0 Å². The summed E-state index contributed by atoms with van der Waals surface area (Å²) < 4.78 is 0. The summed E-state index contributed by atoms with van der Waals surface area (Å²) in [6, 6.07) is 0. The molecule has 1 unspecified atom stereocenters. The second-order valence-electron chi connectivity index (χ2n) is 3.58. The number of likely N-dealkylation sites (tertiary alicyclic amines) is 1. The Bertz CT molecular complexity index is 142. The second kappa shape index (κ2) is 3.77. The van der Waals surface area contributed by atoms with Gasteiger partial charge in [-0.3, -0.25) is 0 Å². The Morgan fingerprint density at radius 3 is 2.91 bits per heavy atom. The molecule has 0 aromatic rings. The summed E-state index contributed by atoms with van der Waals surface area (Å²) in [4.78, 5) is 2.38. The molecule has 0 aromatic carbocycles. The predicted octanol–water partition coefficient (Wildman–Crippen LogP) is 1.06.